The molecule has 0 aromatic heterocycles. The second kappa shape index (κ2) is 12.6. The molecule has 2 aromatic carbocycles. The Morgan fingerprint density at radius 3 is 2.11 bits per heavy atom. The van der Waals surface area contributed by atoms with Gasteiger partial charge in [-0.1, -0.05) is 37.3 Å². The molecule has 0 aliphatic rings. The van der Waals surface area contributed by atoms with E-state index in [0.717, 1.165) is 20.6 Å². The van der Waals surface area contributed by atoms with Gasteiger partial charge in [0.2, 0.25) is 11.8 Å². The molecule has 2 rings (SSSR count). The van der Waals surface area contributed by atoms with E-state index in [1.807, 2.05) is 26.0 Å². The monoisotopic (exact) mass is 504 g/mol. The molecule has 2 amide bonds. The number of methoxy groups -OCH3 is 1. The minimum absolute atomic E-state index is 0.0576. The molecule has 0 bridgehead atoms. The zero-order chi connectivity index (χ0) is 26.2. The van der Waals surface area contributed by atoms with E-state index in [0.29, 0.717) is 11.4 Å². The Balaban J connectivity index is 2.41. The van der Waals surface area contributed by atoms with Crippen molar-refractivity contribution in [3.05, 3.63) is 60.2 Å². The van der Waals surface area contributed by atoms with Crippen molar-refractivity contribution < 1.29 is 22.7 Å². The van der Waals surface area contributed by atoms with E-state index < -0.39 is 28.7 Å². The standard InChI is InChI=1S/C25H36N4O5S/c1-7-19(2)26-25(31)20(3)28(17-21-13-15-23(34-6)16-14-21)24(30)18-29(35(32,33)27(4)5)22-11-9-8-10-12-22/h8-16,19-20H,7,17-18H2,1-6H3,(H,26,31)/t19-,20+/m1/s1. The highest BCUT2D eigenvalue weighted by Gasteiger charge is 2.32. The summed E-state index contributed by atoms with van der Waals surface area (Å²) in [7, 11) is 0.415. The van der Waals surface area contributed by atoms with Crippen LogP contribution in [0, 0.1) is 0 Å². The van der Waals surface area contributed by atoms with Gasteiger partial charge in [-0.3, -0.25) is 9.59 Å². The third-order valence-electron chi connectivity index (χ3n) is 5.74. The first kappa shape index (κ1) is 28.1. The summed E-state index contributed by atoms with van der Waals surface area (Å²) in [6.45, 7) is 5.16. The highest BCUT2D eigenvalue weighted by molar-refractivity contribution is 7.90. The largest absolute Gasteiger partial charge is 0.497 e. The van der Waals surface area contributed by atoms with Crippen LogP contribution in [0.3, 0.4) is 0 Å². The Hall–Kier alpha value is -3.11. The van der Waals surface area contributed by atoms with Crippen LogP contribution < -0.4 is 14.4 Å². The van der Waals surface area contributed by atoms with Gasteiger partial charge in [-0.25, -0.2) is 4.31 Å². The zero-order valence-electron chi connectivity index (χ0n) is 21.3. The maximum absolute atomic E-state index is 13.6. The molecule has 9 nitrogen and oxygen atoms in total. The molecule has 192 valence electrons. The van der Waals surface area contributed by atoms with Gasteiger partial charge in [0.15, 0.2) is 0 Å². The van der Waals surface area contributed by atoms with Crippen molar-refractivity contribution in [2.24, 2.45) is 0 Å². The van der Waals surface area contributed by atoms with Crippen LogP contribution in [-0.4, -0.2) is 69.3 Å². The average molecular weight is 505 g/mol. The van der Waals surface area contributed by atoms with Crippen molar-refractivity contribution >= 4 is 27.7 Å². The van der Waals surface area contributed by atoms with E-state index in [4.69, 9.17) is 4.74 Å². The number of para-hydroxylation sites is 1. The fourth-order valence-corrected chi connectivity index (χ4v) is 4.34. The van der Waals surface area contributed by atoms with Gasteiger partial charge in [0.1, 0.15) is 18.3 Å². The number of hydrogen-bond donors (Lipinski definition) is 1. The number of anilines is 1. The highest BCUT2D eigenvalue weighted by Crippen LogP contribution is 2.21. The smallest absolute Gasteiger partial charge is 0.304 e. The lowest BCUT2D eigenvalue weighted by Gasteiger charge is -2.33. The molecule has 1 N–H and O–H groups in total. The summed E-state index contributed by atoms with van der Waals surface area (Å²) in [4.78, 5) is 28.0. The van der Waals surface area contributed by atoms with E-state index in [1.54, 1.807) is 56.5 Å². The maximum atomic E-state index is 13.6. The van der Waals surface area contributed by atoms with Crippen LogP contribution in [0.25, 0.3) is 0 Å². The van der Waals surface area contributed by atoms with Crippen LogP contribution in [0.15, 0.2) is 54.6 Å². The summed E-state index contributed by atoms with van der Waals surface area (Å²) in [6, 6.07) is 14.7. The molecule has 0 saturated carbocycles. The lowest BCUT2D eigenvalue weighted by Crippen LogP contribution is -2.53. The summed E-state index contributed by atoms with van der Waals surface area (Å²) < 4.78 is 33.5. The zero-order valence-corrected chi connectivity index (χ0v) is 22.1. The molecular formula is C25H36N4O5S. The van der Waals surface area contributed by atoms with E-state index in [-0.39, 0.29) is 18.5 Å². The molecule has 0 saturated heterocycles. The summed E-state index contributed by atoms with van der Waals surface area (Å²) in [5.74, 6) is -0.133. The molecule has 0 unspecified atom stereocenters. The summed E-state index contributed by atoms with van der Waals surface area (Å²) in [5, 5.41) is 2.91. The molecule has 0 fully saturated rings. The molecule has 0 heterocycles. The number of benzene rings is 2. The number of rotatable bonds is 12. The Bertz CT molecular complexity index is 1070. The van der Waals surface area contributed by atoms with Crippen molar-refractivity contribution in [2.75, 3.05) is 32.1 Å². The molecule has 35 heavy (non-hydrogen) atoms. The van der Waals surface area contributed by atoms with Gasteiger partial charge < -0.3 is 15.0 Å². The number of carbonyl (C=O) groups excluding carboxylic acids is 2. The molecule has 2 aromatic rings. The summed E-state index contributed by atoms with van der Waals surface area (Å²) in [6.07, 6.45) is 0.744. The predicted octanol–water partition coefficient (Wildman–Crippen LogP) is 2.64. The number of hydrogen-bond acceptors (Lipinski definition) is 5. The number of carbonyl (C=O) groups is 2. The van der Waals surface area contributed by atoms with Gasteiger partial charge in [-0.05, 0) is 50.1 Å². The topological polar surface area (TPSA) is 99.3 Å². The molecule has 0 aliphatic carbocycles. The fourth-order valence-electron chi connectivity index (χ4n) is 3.29. The number of amides is 2. The molecule has 0 aliphatic heterocycles. The minimum atomic E-state index is -3.97. The average Bonchev–Trinajstić information content (AvgIpc) is 2.85. The fraction of sp³-hybridized carbons (Fsp3) is 0.440. The molecule has 0 spiro atoms. The van der Waals surface area contributed by atoms with Crippen molar-refractivity contribution in [2.45, 2.75) is 45.8 Å². The van der Waals surface area contributed by atoms with Crippen LogP contribution >= 0.6 is 0 Å². The van der Waals surface area contributed by atoms with E-state index in [1.165, 1.54) is 19.0 Å². The second-order valence-electron chi connectivity index (χ2n) is 8.50. The van der Waals surface area contributed by atoms with Gasteiger partial charge in [-0.15, -0.1) is 0 Å². The predicted molar refractivity (Wildman–Crippen MR) is 137 cm³/mol. The van der Waals surface area contributed by atoms with Gasteiger partial charge >= 0.3 is 10.2 Å². The van der Waals surface area contributed by atoms with Crippen LogP contribution in [0.4, 0.5) is 5.69 Å². The lowest BCUT2D eigenvalue weighted by molar-refractivity contribution is -0.139. The quantitative estimate of drug-likeness (QED) is 0.479. The second-order valence-corrected chi connectivity index (χ2v) is 10.6. The summed E-state index contributed by atoms with van der Waals surface area (Å²) in [5.41, 5.74) is 1.14. The van der Waals surface area contributed by atoms with E-state index >= 15 is 0 Å². The number of nitrogens with zero attached hydrogens (tertiary/aromatic N) is 3. The van der Waals surface area contributed by atoms with E-state index in [9.17, 15) is 18.0 Å². The van der Waals surface area contributed by atoms with Gasteiger partial charge in [-0.2, -0.15) is 12.7 Å². The van der Waals surface area contributed by atoms with Gasteiger partial charge in [0.05, 0.1) is 12.8 Å². The van der Waals surface area contributed by atoms with Crippen molar-refractivity contribution in [3.8, 4) is 5.75 Å². The highest BCUT2D eigenvalue weighted by atomic mass is 32.2. The normalized spacial score (nSPS) is 13.1. The Morgan fingerprint density at radius 1 is 1.00 bits per heavy atom. The van der Waals surface area contributed by atoms with Crippen LogP contribution in [0.2, 0.25) is 0 Å². The minimum Gasteiger partial charge on any atom is -0.497 e. The van der Waals surface area contributed by atoms with Crippen LogP contribution in [0.5, 0.6) is 5.75 Å². The van der Waals surface area contributed by atoms with Crippen molar-refractivity contribution in [1.29, 1.82) is 0 Å². The maximum Gasteiger partial charge on any atom is 0.304 e. The first-order chi connectivity index (χ1) is 16.5. The van der Waals surface area contributed by atoms with Crippen molar-refractivity contribution in [3.63, 3.8) is 0 Å². The SMILES string of the molecule is CC[C@@H](C)NC(=O)[C@H](C)N(Cc1ccc(OC)cc1)C(=O)CN(c1ccccc1)S(=O)(=O)N(C)C. The Labute approximate surface area is 208 Å². The number of nitrogens with one attached hydrogen (secondary N) is 1. The third-order valence-corrected chi connectivity index (χ3v) is 7.56. The number of ether oxygens (including phenoxy) is 1. The van der Waals surface area contributed by atoms with E-state index in [2.05, 4.69) is 5.32 Å². The first-order valence-corrected chi connectivity index (χ1v) is 12.9. The lowest BCUT2D eigenvalue weighted by atomic mass is 10.1. The van der Waals surface area contributed by atoms with Gasteiger partial charge in [0.25, 0.3) is 0 Å². The molecule has 2 atom stereocenters. The van der Waals surface area contributed by atoms with Gasteiger partial charge in [0, 0.05) is 26.7 Å². The summed E-state index contributed by atoms with van der Waals surface area (Å²) >= 11 is 0. The van der Waals surface area contributed by atoms with Crippen LogP contribution in [0.1, 0.15) is 32.8 Å². The third kappa shape index (κ3) is 7.43. The molecular weight excluding hydrogens is 468 g/mol. The Kier molecular flexibility index (Phi) is 10.1. The van der Waals surface area contributed by atoms with Crippen molar-refractivity contribution in [1.82, 2.24) is 14.5 Å². The molecule has 10 heteroatoms. The van der Waals surface area contributed by atoms with Crippen LogP contribution in [-0.2, 0) is 26.3 Å². The Morgan fingerprint density at radius 2 is 1.60 bits per heavy atom. The first-order valence-electron chi connectivity index (χ1n) is 11.5. The molecule has 0 radical (unpaired) electrons.